The van der Waals surface area contributed by atoms with Gasteiger partial charge in [-0.1, -0.05) is 37.6 Å². The molecule has 1 aromatic rings. The summed E-state index contributed by atoms with van der Waals surface area (Å²) in [4.78, 5) is 2.43. The zero-order chi connectivity index (χ0) is 14.1. The zero-order valence-corrected chi connectivity index (χ0v) is 12.9. The van der Waals surface area contributed by atoms with Crippen molar-refractivity contribution in [2.45, 2.75) is 46.1 Å². The van der Waals surface area contributed by atoms with Gasteiger partial charge < -0.3 is 10.6 Å². The normalized spacial score (nSPS) is 12.9. The lowest BCUT2D eigenvalue weighted by Crippen LogP contribution is -2.20. The van der Waals surface area contributed by atoms with E-state index in [9.17, 15) is 0 Å². The molecule has 0 aromatic heterocycles. The van der Waals surface area contributed by atoms with Crippen molar-refractivity contribution in [3.8, 4) is 0 Å². The van der Waals surface area contributed by atoms with Gasteiger partial charge in [0.05, 0.1) is 0 Å². The van der Waals surface area contributed by atoms with Crippen molar-refractivity contribution in [1.29, 1.82) is 0 Å². The molecule has 108 valence electrons. The van der Waals surface area contributed by atoms with Crippen LogP contribution in [0.1, 0.15) is 43.7 Å². The molecular formula is C17H30N2. The second-order valence-corrected chi connectivity index (χ2v) is 5.66. The van der Waals surface area contributed by atoms with Crippen LogP contribution in [0.4, 0.5) is 0 Å². The number of nitrogens with two attached hydrogens (primary N) is 1. The molecule has 0 spiro atoms. The van der Waals surface area contributed by atoms with Gasteiger partial charge in [0.2, 0.25) is 0 Å². The lowest BCUT2D eigenvalue weighted by molar-refractivity contribution is 0.300. The van der Waals surface area contributed by atoms with Crippen LogP contribution in [-0.2, 0) is 6.54 Å². The van der Waals surface area contributed by atoms with Crippen LogP contribution in [-0.4, -0.2) is 25.0 Å². The molecule has 0 amide bonds. The van der Waals surface area contributed by atoms with Crippen molar-refractivity contribution in [3.05, 3.63) is 35.4 Å². The van der Waals surface area contributed by atoms with Gasteiger partial charge in [0, 0.05) is 6.54 Å². The molecule has 0 saturated heterocycles. The number of hydrogen-bond donors (Lipinski definition) is 1. The fraction of sp³-hybridized carbons (Fsp3) is 0.647. The summed E-state index contributed by atoms with van der Waals surface area (Å²) in [5.41, 5.74) is 8.48. The Kier molecular flexibility index (Phi) is 7.76. The van der Waals surface area contributed by atoms with Gasteiger partial charge in [0.1, 0.15) is 0 Å². The van der Waals surface area contributed by atoms with Crippen LogP contribution in [0.5, 0.6) is 0 Å². The Morgan fingerprint density at radius 2 is 1.95 bits per heavy atom. The number of rotatable bonds is 9. The van der Waals surface area contributed by atoms with E-state index in [-0.39, 0.29) is 0 Å². The van der Waals surface area contributed by atoms with E-state index in [1.165, 1.54) is 43.4 Å². The van der Waals surface area contributed by atoms with Gasteiger partial charge in [-0.2, -0.15) is 0 Å². The first-order valence-corrected chi connectivity index (χ1v) is 7.60. The monoisotopic (exact) mass is 262 g/mol. The molecule has 2 N–H and O–H groups in total. The molecule has 0 fully saturated rings. The SMILES string of the molecule is CCC(CCN)CCCN(C)Cc1ccccc1C. The van der Waals surface area contributed by atoms with Gasteiger partial charge in [0.15, 0.2) is 0 Å². The average molecular weight is 262 g/mol. The van der Waals surface area contributed by atoms with Gasteiger partial charge in [-0.3, -0.25) is 0 Å². The highest BCUT2D eigenvalue weighted by molar-refractivity contribution is 5.25. The predicted octanol–water partition coefficient (Wildman–Crippen LogP) is 3.58. The van der Waals surface area contributed by atoms with Crippen LogP contribution in [0, 0.1) is 12.8 Å². The second kappa shape index (κ2) is 9.11. The number of aryl methyl sites for hydroxylation is 1. The molecule has 0 radical (unpaired) electrons. The molecule has 0 aliphatic heterocycles. The first-order chi connectivity index (χ1) is 9.17. The molecule has 0 aliphatic rings. The Hall–Kier alpha value is -0.860. The van der Waals surface area contributed by atoms with Gasteiger partial charge in [-0.25, -0.2) is 0 Å². The summed E-state index contributed by atoms with van der Waals surface area (Å²) in [6, 6.07) is 8.66. The number of hydrogen-bond acceptors (Lipinski definition) is 2. The van der Waals surface area contributed by atoms with E-state index in [2.05, 4.69) is 50.1 Å². The second-order valence-electron chi connectivity index (χ2n) is 5.66. The maximum absolute atomic E-state index is 5.64. The Morgan fingerprint density at radius 3 is 2.58 bits per heavy atom. The van der Waals surface area contributed by atoms with Crippen LogP contribution in [0.3, 0.4) is 0 Å². The standard InChI is InChI=1S/C17H30N2/c1-4-16(11-12-18)9-7-13-19(3)14-17-10-6-5-8-15(17)2/h5-6,8,10,16H,4,7,9,11-14,18H2,1-3H3. The van der Waals surface area contributed by atoms with E-state index >= 15 is 0 Å². The third kappa shape index (κ3) is 6.22. The molecule has 19 heavy (non-hydrogen) atoms. The van der Waals surface area contributed by atoms with Crippen LogP contribution < -0.4 is 5.73 Å². The fourth-order valence-corrected chi connectivity index (χ4v) is 2.60. The first kappa shape index (κ1) is 16.2. The lowest BCUT2D eigenvalue weighted by atomic mass is 9.96. The van der Waals surface area contributed by atoms with Crippen molar-refractivity contribution < 1.29 is 0 Å². The molecule has 1 unspecified atom stereocenters. The Morgan fingerprint density at radius 1 is 1.21 bits per heavy atom. The fourth-order valence-electron chi connectivity index (χ4n) is 2.60. The highest BCUT2D eigenvalue weighted by atomic mass is 15.1. The summed E-state index contributed by atoms with van der Waals surface area (Å²) in [5, 5.41) is 0. The van der Waals surface area contributed by atoms with Gasteiger partial charge in [0.25, 0.3) is 0 Å². The largest absolute Gasteiger partial charge is 0.330 e. The molecule has 2 heteroatoms. The van der Waals surface area contributed by atoms with E-state index in [0.717, 1.165) is 19.0 Å². The van der Waals surface area contributed by atoms with Crippen molar-refractivity contribution >= 4 is 0 Å². The quantitative estimate of drug-likeness (QED) is 0.737. The van der Waals surface area contributed by atoms with Crippen molar-refractivity contribution in [2.75, 3.05) is 20.1 Å². The van der Waals surface area contributed by atoms with Gasteiger partial charge in [-0.05, 0) is 63.4 Å². The highest BCUT2D eigenvalue weighted by Gasteiger charge is 2.07. The van der Waals surface area contributed by atoms with E-state index in [4.69, 9.17) is 5.73 Å². The minimum atomic E-state index is 0.817. The third-order valence-corrected chi connectivity index (χ3v) is 4.01. The maximum atomic E-state index is 5.64. The van der Waals surface area contributed by atoms with Crippen LogP contribution >= 0.6 is 0 Å². The summed E-state index contributed by atoms with van der Waals surface area (Å²) < 4.78 is 0. The molecule has 1 aromatic carbocycles. The molecular weight excluding hydrogens is 232 g/mol. The summed E-state index contributed by atoms with van der Waals surface area (Å²) in [7, 11) is 2.22. The predicted molar refractivity (Wildman–Crippen MR) is 84.2 cm³/mol. The summed E-state index contributed by atoms with van der Waals surface area (Å²) in [6.45, 7) is 7.53. The minimum Gasteiger partial charge on any atom is -0.330 e. The van der Waals surface area contributed by atoms with Crippen LogP contribution in [0.25, 0.3) is 0 Å². The topological polar surface area (TPSA) is 29.3 Å². The van der Waals surface area contributed by atoms with Crippen molar-refractivity contribution in [1.82, 2.24) is 4.90 Å². The zero-order valence-electron chi connectivity index (χ0n) is 12.9. The average Bonchev–Trinajstić information content (AvgIpc) is 2.40. The van der Waals surface area contributed by atoms with E-state index in [1.54, 1.807) is 0 Å². The summed E-state index contributed by atoms with van der Waals surface area (Å²) >= 11 is 0. The molecule has 0 heterocycles. The maximum Gasteiger partial charge on any atom is 0.0233 e. The number of nitrogens with zero attached hydrogens (tertiary/aromatic N) is 1. The van der Waals surface area contributed by atoms with Crippen LogP contribution in [0.15, 0.2) is 24.3 Å². The van der Waals surface area contributed by atoms with Gasteiger partial charge >= 0.3 is 0 Å². The van der Waals surface area contributed by atoms with Crippen molar-refractivity contribution in [2.24, 2.45) is 11.7 Å². The molecule has 0 bridgehead atoms. The Balaban J connectivity index is 2.28. The molecule has 1 rings (SSSR count). The number of benzene rings is 1. The van der Waals surface area contributed by atoms with Crippen molar-refractivity contribution in [3.63, 3.8) is 0 Å². The summed E-state index contributed by atoms with van der Waals surface area (Å²) in [6.07, 6.45) is 5.03. The minimum absolute atomic E-state index is 0.817. The Bertz CT molecular complexity index is 349. The summed E-state index contributed by atoms with van der Waals surface area (Å²) in [5.74, 6) is 0.817. The van der Waals surface area contributed by atoms with Crippen LogP contribution in [0.2, 0.25) is 0 Å². The van der Waals surface area contributed by atoms with Gasteiger partial charge in [-0.15, -0.1) is 0 Å². The van der Waals surface area contributed by atoms with E-state index < -0.39 is 0 Å². The lowest BCUT2D eigenvalue weighted by Gasteiger charge is -2.20. The first-order valence-electron chi connectivity index (χ1n) is 7.60. The Labute approximate surface area is 119 Å². The molecule has 1 atom stereocenters. The molecule has 0 aliphatic carbocycles. The molecule has 2 nitrogen and oxygen atoms in total. The van der Waals surface area contributed by atoms with E-state index in [0.29, 0.717) is 0 Å². The highest BCUT2D eigenvalue weighted by Crippen LogP contribution is 2.15. The van der Waals surface area contributed by atoms with E-state index in [1.807, 2.05) is 0 Å². The smallest absolute Gasteiger partial charge is 0.0233 e. The third-order valence-electron chi connectivity index (χ3n) is 4.01. The molecule has 0 saturated carbocycles.